The van der Waals surface area contributed by atoms with Crippen molar-refractivity contribution in [3.8, 4) is 0 Å². The second kappa shape index (κ2) is 9.47. The van der Waals surface area contributed by atoms with Gasteiger partial charge in [0.05, 0.1) is 12.9 Å². The largest absolute Gasteiger partial charge is 0.380 e. The number of rotatable bonds is 9. The molecule has 2 aromatic carbocycles. The van der Waals surface area contributed by atoms with Crippen molar-refractivity contribution in [2.45, 2.75) is 19.6 Å². The Morgan fingerprint density at radius 1 is 1.04 bits per heavy atom. The Hall–Kier alpha value is -2.22. The van der Waals surface area contributed by atoms with Gasteiger partial charge in [0, 0.05) is 25.8 Å². The Morgan fingerprint density at radius 2 is 1.69 bits per heavy atom. The van der Waals surface area contributed by atoms with Crippen molar-refractivity contribution in [1.29, 1.82) is 0 Å². The van der Waals surface area contributed by atoms with Gasteiger partial charge < -0.3 is 10.1 Å². The maximum Gasteiger partial charge on any atom is 0.251 e. The van der Waals surface area contributed by atoms with Gasteiger partial charge in [-0.3, -0.25) is 4.79 Å². The van der Waals surface area contributed by atoms with Crippen LogP contribution in [0.3, 0.4) is 0 Å². The van der Waals surface area contributed by atoms with Crippen LogP contribution in [0.5, 0.6) is 0 Å². The molecule has 0 fully saturated rings. The van der Waals surface area contributed by atoms with E-state index in [1.54, 1.807) is 19.2 Å². The van der Waals surface area contributed by atoms with Gasteiger partial charge in [0.25, 0.3) is 5.91 Å². The van der Waals surface area contributed by atoms with Crippen molar-refractivity contribution in [2.24, 2.45) is 0 Å². The molecule has 0 aliphatic carbocycles. The van der Waals surface area contributed by atoms with Crippen LogP contribution in [-0.2, 0) is 34.3 Å². The number of hydrogen-bond acceptors (Lipinski definition) is 4. The second-order valence-corrected chi connectivity index (χ2v) is 7.83. The van der Waals surface area contributed by atoms with Crippen LogP contribution >= 0.6 is 0 Å². The van der Waals surface area contributed by atoms with Crippen LogP contribution in [-0.4, -0.2) is 34.2 Å². The predicted octanol–water partition coefficient (Wildman–Crippen LogP) is 1.85. The van der Waals surface area contributed by atoms with Crippen LogP contribution in [0.4, 0.5) is 0 Å². The number of methoxy groups -OCH3 is 1. The SMILES string of the molecule is COCc1ccccc1CNC(=O)c1ccc(CCNS(C)(=O)=O)cc1. The standard InChI is InChI=1S/C19H24N2O4S/c1-25-14-18-6-4-3-5-17(18)13-20-19(22)16-9-7-15(8-10-16)11-12-21-26(2,23)24/h3-10,21H,11-14H2,1-2H3,(H,20,22). The molecule has 26 heavy (non-hydrogen) atoms. The molecule has 0 heterocycles. The number of carbonyl (C=O) groups is 1. The van der Waals surface area contributed by atoms with E-state index < -0.39 is 10.0 Å². The van der Waals surface area contributed by atoms with E-state index in [1.807, 2.05) is 36.4 Å². The minimum Gasteiger partial charge on any atom is -0.380 e. The monoisotopic (exact) mass is 376 g/mol. The zero-order valence-corrected chi connectivity index (χ0v) is 15.8. The molecule has 140 valence electrons. The predicted molar refractivity (Wildman–Crippen MR) is 101 cm³/mol. The van der Waals surface area contributed by atoms with Gasteiger partial charge in [-0.25, -0.2) is 13.1 Å². The van der Waals surface area contributed by atoms with Gasteiger partial charge in [-0.1, -0.05) is 36.4 Å². The fraction of sp³-hybridized carbons (Fsp3) is 0.316. The molecule has 0 aromatic heterocycles. The van der Waals surface area contributed by atoms with Gasteiger partial charge in [0.1, 0.15) is 0 Å². The number of amides is 1. The summed E-state index contributed by atoms with van der Waals surface area (Å²) in [6.45, 7) is 1.27. The molecule has 0 aliphatic heterocycles. The lowest BCUT2D eigenvalue weighted by Crippen LogP contribution is -2.24. The van der Waals surface area contributed by atoms with Crippen molar-refractivity contribution >= 4 is 15.9 Å². The van der Waals surface area contributed by atoms with Crippen LogP contribution in [0.15, 0.2) is 48.5 Å². The fourth-order valence-electron chi connectivity index (χ4n) is 2.51. The number of carbonyl (C=O) groups excluding carboxylic acids is 1. The lowest BCUT2D eigenvalue weighted by atomic mass is 10.1. The summed E-state index contributed by atoms with van der Waals surface area (Å²) in [4.78, 5) is 12.3. The number of hydrogen-bond donors (Lipinski definition) is 2. The average molecular weight is 376 g/mol. The molecular weight excluding hydrogens is 352 g/mol. The van der Waals surface area contributed by atoms with Gasteiger partial charge in [-0.05, 0) is 35.2 Å². The molecule has 2 N–H and O–H groups in total. The molecule has 7 heteroatoms. The number of ether oxygens (including phenoxy) is 1. The van der Waals surface area contributed by atoms with E-state index in [0.29, 0.717) is 31.7 Å². The van der Waals surface area contributed by atoms with Crippen molar-refractivity contribution in [3.63, 3.8) is 0 Å². The Labute approximate surface area is 154 Å². The topological polar surface area (TPSA) is 84.5 Å². The molecule has 2 rings (SSSR count). The Bertz CT molecular complexity index is 833. The first kappa shape index (κ1) is 20.1. The molecule has 0 unspecified atom stereocenters. The van der Waals surface area contributed by atoms with Crippen LogP contribution in [0.2, 0.25) is 0 Å². The number of sulfonamides is 1. The first-order chi connectivity index (χ1) is 12.4. The van der Waals surface area contributed by atoms with Crippen molar-refractivity contribution in [3.05, 3.63) is 70.8 Å². The first-order valence-electron chi connectivity index (χ1n) is 8.26. The van der Waals surface area contributed by atoms with E-state index in [9.17, 15) is 13.2 Å². The molecule has 0 spiro atoms. The van der Waals surface area contributed by atoms with Crippen LogP contribution in [0, 0.1) is 0 Å². The van der Waals surface area contributed by atoms with Gasteiger partial charge in [-0.2, -0.15) is 0 Å². The van der Waals surface area contributed by atoms with E-state index in [2.05, 4.69) is 10.0 Å². The highest BCUT2D eigenvalue weighted by molar-refractivity contribution is 7.88. The van der Waals surface area contributed by atoms with Crippen LogP contribution < -0.4 is 10.0 Å². The summed E-state index contributed by atoms with van der Waals surface area (Å²) >= 11 is 0. The van der Waals surface area contributed by atoms with Crippen molar-refractivity contribution < 1.29 is 17.9 Å². The first-order valence-corrected chi connectivity index (χ1v) is 10.2. The average Bonchev–Trinajstić information content (AvgIpc) is 2.60. The van der Waals surface area contributed by atoms with Crippen molar-refractivity contribution in [1.82, 2.24) is 10.0 Å². The zero-order valence-electron chi connectivity index (χ0n) is 15.0. The number of benzene rings is 2. The van der Waals surface area contributed by atoms with E-state index >= 15 is 0 Å². The van der Waals surface area contributed by atoms with Crippen LogP contribution in [0.25, 0.3) is 0 Å². The third kappa shape index (κ3) is 6.59. The highest BCUT2D eigenvalue weighted by Crippen LogP contribution is 2.10. The normalized spacial score (nSPS) is 11.3. The molecule has 0 radical (unpaired) electrons. The minimum absolute atomic E-state index is 0.155. The van der Waals surface area contributed by atoms with Gasteiger partial charge >= 0.3 is 0 Å². The summed E-state index contributed by atoms with van der Waals surface area (Å²) in [7, 11) is -1.54. The summed E-state index contributed by atoms with van der Waals surface area (Å²) in [5, 5.41) is 2.91. The van der Waals surface area contributed by atoms with Gasteiger partial charge in [0.15, 0.2) is 0 Å². The summed E-state index contributed by atoms with van der Waals surface area (Å²) in [5.74, 6) is -0.155. The fourth-order valence-corrected chi connectivity index (χ4v) is 2.98. The molecular formula is C19H24N2O4S. The molecule has 1 amide bonds. The molecule has 0 atom stereocenters. The van der Waals surface area contributed by atoms with E-state index in [4.69, 9.17) is 4.74 Å². The highest BCUT2D eigenvalue weighted by atomic mass is 32.2. The second-order valence-electron chi connectivity index (χ2n) is 6.00. The quantitative estimate of drug-likeness (QED) is 0.700. The third-order valence-electron chi connectivity index (χ3n) is 3.85. The van der Waals surface area contributed by atoms with Gasteiger partial charge in [-0.15, -0.1) is 0 Å². The Balaban J connectivity index is 1.90. The summed E-state index contributed by atoms with van der Waals surface area (Å²) in [6, 6.07) is 15.0. The summed E-state index contributed by atoms with van der Waals surface area (Å²) < 4.78 is 29.7. The maximum absolute atomic E-state index is 12.3. The lowest BCUT2D eigenvalue weighted by molar-refractivity contribution is 0.0950. The van der Waals surface area contributed by atoms with Gasteiger partial charge in [0.2, 0.25) is 10.0 Å². The minimum atomic E-state index is -3.18. The molecule has 0 saturated carbocycles. The van der Waals surface area contributed by atoms with Crippen molar-refractivity contribution in [2.75, 3.05) is 19.9 Å². The molecule has 0 saturated heterocycles. The third-order valence-corrected chi connectivity index (χ3v) is 4.58. The summed E-state index contributed by atoms with van der Waals surface area (Å²) in [6.07, 6.45) is 1.70. The molecule has 6 nitrogen and oxygen atoms in total. The maximum atomic E-state index is 12.3. The van der Waals surface area contributed by atoms with E-state index in [1.165, 1.54) is 0 Å². The molecule has 0 aliphatic rings. The number of nitrogens with one attached hydrogen (secondary N) is 2. The molecule has 2 aromatic rings. The Morgan fingerprint density at radius 3 is 2.31 bits per heavy atom. The highest BCUT2D eigenvalue weighted by Gasteiger charge is 2.08. The van der Waals surface area contributed by atoms with Crippen LogP contribution in [0.1, 0.15) is 27.0 Å². The summed E-state index contributed by atoms with van der Waals surface area (Å²) in [5.41, 5.74) is 3.59. The van der Waals surface area contributed by atoms with E-state index in [-0.39, 0.29) is 5.91 Å². The lowest BCUT2D eigenvalue weighted by Gasteiger charge is -2.10. The van der Waals surface area contributed by atoms with E-state index in [0.717, 1.165) is 22.9 Å². The Kier molecular flexibility index (Phi) is 7.32. The molecule has 0 bridgehead atoms. The smallest absolute Gasteiger partial charge is 0.251 e. The zero-order chi connectivity index (χ0) is 19.0.